The number of carbonyl (C=O) groups excluding carboxylic acids is 1. The molecule has 0 saturated carbocycles. The lowest BCUT2D eigenvalue weighted by atomic mass is 10.2. The number of amides is 1. The fraction of sp³-hybridized carbons (Fsp3) is 0.273. The number of nitriles is 1. The Balaban J connectivity index is 1.56. The first kappa shape index (κ1) is 21.7. The molecule has 4 rings (SSSR count). The Kier molecular flexibility index (Phi) is 6.32. The first-order valence-corrected chi connectivity index (χ1v) is 10.4. The molecule has 1 aliphatic rings. The van der Waals surface area contributed by atoms with Gasteiger partial charge in [0, 0.05) is 36.8 Å². The van der Waals surface area contributed by atoms with Crippen LogP contribution in [0.15, 0.2) is 42.5 Å². The molecule has 1 amide bonds. The van der Waals surface area contributed by atoms with E-state index < -0.39 is 13.0 Å². The number of piperazine rings is 1. The molecule has 0 aliphatic carbocycles. The maximum Gasteiger partial charge on any atom is 0.255 e. The highest BCUT2D eigenvalue weighted by Crippen LogP contribution is 2.27. The minimum Gasteiger partial charge on any atom is -0.361 e. The zero-order chi connectivity index (χ0) is 22.7. The molecule has 0 spiro atoms. The van der Waals surface area contributed by atoms with Gasteiger partial charge in [0.25, 0.3) is 12.3 Å². The van der Waals surface area contributed by atoms with E-state index in [1.165, 1.54) is 0 Å². The minimum absolute atomic E-state index is 0.0966. The highest BCUT2D eigenvalue weighted by Gasteiger charge is 2.25. The molecule has 32 heavy (non-hydrogen) atoms. The fourth-order valence-corrected chi connectivity index (χ4v) is 3.65. The van der Waals surface area contributed by atoms with Crippen LogP contribution < -0.4 is 10.2 Å². The summed E-state index contributed by atoms with van der Waals surface area (Å²) in [5, 5.41) is 12.4. The highest BCUT2D eigenvalue weighted by atomic mass is 35.5. The summed E-state index contributed by atoms with van der Waals surface area (Å²) in [4.78, 5) is 25.5. The standard InChI is InChI=1S/C22H19ClF2N6O/c23-16-4-2-15(3-5-16)22(32)31-9-7-30(8-10-31)21-20(27-13-19(24)25)28-17-6-1-14(12-26)11-18(17)29-21/h1-6,11,19H,7-10,13H2,(H,27,28). The van der Waals surface area contributed by atoms with Gasteiger partial charge < -0.3 is 15.1 Å². The number of fused-ring (bicyclic) bond motifs is 1. The van der Waals surface area contributed by atoms with Gasteiger partial charge in [0.15, 0.2) is 11.6 Å². The molecule has 164 valence electrons. The van der Waals surface area contributed by atoms with Gasteiger partial charge in [-0.1, -0.05) is 11.6 Å². The summed E-state index contributed by atoms with van der Waals surface area (Å²) >= 11 is 5.89. The molecule has 2 aromatic carbocycles. The number of carbonyl (C=O) groups is 1. The summed E-state index contributed by atoms with van der Waals surface area (Å²) in [5.41, 5.74) is 1.99. The molecule has 1 aromatic heterocycles. The number of rotatable bonds is 5. The summed E-state index contributed by atoms with van der Waals surface area (Å²) in [5.74, 6) is 0.576. The van der Waals surface area contributed by atoms with Crippen molar-refractivity contribution in [2.75, 3.05) is 42.9 Å². The van der Waals surface area contributed by atoms with Gasteiger partial charge in [-0.05, 0) is 42.5 Å². The molecule has 0 unspecified atom stereocenters. The molecule has 0 radical (unpaired) electrons. The van der Waals surface area contributed by atoms with E-state index in [2.05, 4.69) is 21.4 Å². The molecular formula is C22H19ClF2N6O. The first-order chi connectivity index (χ1) is 15.4. The maximum absolute atomic E-state index is 12.8. The Hall–Kier alpha value is -3.51. The lowest BCUT2D eigenvalue weighted by Crippen LogP contribution is -2.49. The summed E-state index contributed by atoms with van der Waals surface area (Å²) in [6, 6.07) is 13.6. The second kappa shape index (κ2) is 9.32. The average molecular weight is 457 g/mol. The van der Waals surface area contributed by atoms with Crippen LogP contribution in [0.25, 0.3) is 11.0 Å². The number of nitrogens with one attached hydrogen (secondary N) is 1. The Morgan fingerprint density at radius 3 is 2.47 bits per heavy atom. The van der Waals surface area contributed by atoms with Crippen molar-refractivity contribution >= 4 is 40.2 Å². The van der Waals surface area contributed by atoms with E-state index in [1.807, 2.05) is 4.90 Å². The van der Waals surface area contributed by atoms with E-state index in [-0.39, 0.29) is 11.7 Å². The molecule has 1 saturated heterocycles. The van der Waals surface area contributed by atoms with Crippen molar-refractivity contribution in [3.8, 4) is 6.07 Å². The Morgan fingerprint density at radius 1 is 1.09 bits per heavy atom. The van der Waals surface area contributed by atoms with Crippen LogP contribution >= 0.6 is 11.6 Å². The summed E-state index contributed by atoms with van der Waals surface area (Å²) in [7, 11) is 0. The van der Waals surface area contributed by atoms with Crippen LogP contribution in [0, 0.1) is 11.3 Å². The molecule has 0 bridgehead atoms. The van der Waals surface area contributed by atoms with Crippen LogP contribution in [0.4, 0.5) is 20.4 Å². The SMILES string of the molecule is N#Cc1ccc2nc(NCC(F)F)c(N3CCN(C(=O)c4ccc(Cl)cc4)CC3)nc2c1. The summed E-state index contributed by atoms with van der Waals surface area (Å²) < 4.78 is 25.6. The van der Waals surface area contributed by atoms with E-state index in [1.54, 1.807) is 47.4 Å². The molecule has 1 fully saturated rings. The van der Waals surface area contributed by atoms with Crippen molar-refractivity contribution in [2.45, 2.75) is 6.43 Å². The third-order valence-corrected chi connectivity index (χ3v) is 5.41. The van der Waals surface area contributed by atoms with Crippen molar-refractivity contribution in [1.29, 1.82) is 5.26 Å². The van der Waals surface area contributed by atoms with Crippen LogP contribution in [-0.2, 0) is 0 Å². The van der Waals surface area contributed by atoms with Crippen LogP contribution in [0.1, 0.15) is 15.9 Å². The van der Waals surface area contributed by atoms with Crippen LogP contribution in [0.3, 0.4) is 0 Å². The van der Waals surface area contributed by atoms with Gasteiger partial charge in [-0.15, -0.1) is 0 Å². The van der Waals surface area contributed by atoms with Gasteiger partial charge in [-0.2, -0.15) is 5.26 Å². The Labute approximate surface area is 188 Å². The second-order valence-electron chi connectivity index (χ2n) is 7.27. The minimum atomic E-state index is -2.55. The van der Waals surface area contributed by atoms with Gasteiger partial charge in [-0.25, -0.2) is 18.7 Å². The Bertz CT molecular complexity index is 1170. The predicted molar refractivity (Wildman–Crippen MR) is 118 cm³/mol. The van der Waals surface area contributed by atoms with Crippen molar-refractivity contribution in [3.63, 3.8) is 0 Å². The largest absolute Gasteiger partial charge is 0.361 e. The lowest BCUT2D eigenvalue weighted by Gasteiger charge is -2.36. The van der Waals surface area contributed by atoms with Crippen molar-refractivity contribution in [1.82, 2.24) is 14.9 Å². The molecule has 1 N–H and O–H groups in total. The smallest absolute Gasteiger partial charge is 0.255 e. The van der Waals surface area contributed by atoms with E-state index >= 15 is 0 Å². The topological polar surface area (TPSA) is 85.2 Å². The molecule has 1 aliphatic heterocycles. The van der Waals surface area contributed by atoms with Crippen molar-refractivity contribution in [3.05, 3.63) is 58.6 Å². The van der Waals surface area contributed by atoms with Crippen LogP contribution in [0.5, 0.6) is 0 Å². The molecule has 3 aromatic rings. The third-order valence-electron chi connectivity index (χ3n) is 5.16. The molecule has 10 heteroatoms. The quantitative estimate of drug-likeness (QED) is 0.628. The van der Waals surface area contributed by atoms with Gasteiger partial charge in [0.05, 0.1) is 29.2 Å². The second-order valence-corrected chi connectivity index (χ2v) is 7.71. The number of anilines is 2. The number of aromatic nitrogens is 2. The number of nitrogens with zero attached hydrogens (tertiary/aromatic N) is 5. The summed E-state index contributed by atoms with van der Waals surface area (Å²) in [6.45, 7) is 1.24. The molecular weight excluding hydrogens is 438 g/mol. The normalized spacial score (nSPS) is 14.0. The van der Waals surface area contributed by atoms with Gasteiger partial charge in [0.1, 0.15) is 0 Å². The highest BCUT2D eigenvalue weighted by molar-refractivity contribution is 6.30. The zero-order valence-corrected chi connectivity index (χ0v) is 17.7. The monoisotopic (exact) mass is 456 g/mol. The number of halogens is 3. The zero-order valence-electron chi connectivity index (χ0n) is 16.9. The summed E-state index contributed by atoms with van der Waals surface area (Å²) in [6.07, 6.45) is -2.55. The van der Waals surface area contributed by atoms with Gasteiger partial charge in [0.2, 0.25) is 0 Å². The molecule has 0 atom stereocenters. The van der Waals surface area contributed by atoms with E-state index in [4.69, 9.17) is 16.9 Å². The average Bonchev–Trinajstić information content (AvgIpc) is 2.82. The number of alkyl halides is 2. The molecule has 2 heterocycles. The fourth-order valence-electron chi connectivity index (χ4n) is 3.52. The lowest BCUT2D eigenvalue weighted by molar-refractivity contribution is 0.0746. The number of hydrogen-bond donors (Lipinski definition) is 1. The van der Waals surface area contributed by atoms with E-state index in [0.717, 1.165) is 0 Å². The molecule has 7 nitrogen and oxygen atoms in total. The van der Waals surface area contributed by atoms with Crippen LogP contribution in [-0.4, -0.2) is 59.9 Å². The number of benzene rings is 2. The third kappa shape index (κ3) is 4.70. The van der Waals surface area contributed by atoms with Gasteiger partial charge in [-0.3, -0.25) is 4.79 Å². The van der Waals surface area contributed by atoms with Gasteiger partial charge >= 0.3 is 0 Å². The predicted octanol–water partition coefficient (Wildman–Crippen LogP) is 3.79. The van der Waals surface area contributed by atoms with Crippen molar-refractivity contribution in [2.24, 2.45) is 0 Å². The maximum atomic E-state index is 12.8. The van der Waals surface area contributed by atoms with Crippen LogP contribution in [0.2, 0.25) is 5.02 Å². The number of hydrogen-bond acceptors (Lipinski definition) is 6. The van der Waals surface area contributed by atoms with Crippen molar-refractivity contribution < 1.29 is 13.6 Å². The Morgan fingerprint density at radius 2 is 1.81 bits per heavy atom. The van der Waals surface area contributed by atoms with E-state index in [9.17, 15) is 13.6 Å². The first-order valence-electron chi connectivity index (χ1n) is 9.98. The van der Waals surface area contributed by atoms with E-state index in [0.29, 0.717) is 59.2 Å².